The monoisotopic (exact) mass is 384 g/mol. The van der Waals surface area contributed by atoms with Crippen LogP contribution in [0.1, 0.15) is 6.42 Å². The molecule has 1 aliphatic rings. The highest BCUT2D eigenvalue weighted by atomic mass is 32.2. The Balaban J connectivity index is 1.83. The van der Waals surface area contributed by atoms with Crippen molar-refractivity contribution in [3.8, 4) is 10.4 Å². The van der Waals surface area contributed by atoms with E-state index in [0.29, 0.717) is 34.9 Å². The van der Waals surface area contributed by atoms with Crippen molar-refractivity contribution in [2.45, 2.75) is 23.4 Å². The molecule has 1 aliphatic heterocycles. The topological polar surface area (TPSA) is 61.2 Å². The van der Waals surface area contributed by atoms with Crippen LogP contribution >= 0.6 is 23.1 Å². The molecule has 0 spiro atoms. The number of carbonyl (C=O) groups is 1. The zero-order valence-electron chi connectivity index (χ0n) is 13.9. The van der Waals surface area contributed by atoms with Gasteiger partial charge in [-0.05, 0) is 11.6 Å². The van der Waals surface area contributed by atoms with Crippen molar-refractivity contribution in [2.75, 3.05) is 6.61 Å². The third-order valence-electron chi connectivity index (χ3n) is 4.12. The number of nitrogens with zero attached hydrogens (tertiary/aromatic N) is 2. The molecule has 3 aromatic rings. The minimum absolute atomic E-state index is 0.109. The van der Waals surface area contributed by atoms with Crippen LogP contribution in [-0.4, -0.2) is 27.4 Å². The number of esters is 1. The van der Waals surface area contributed by atoms with E-state index in [1.54, 1.807) is 10.6 Å². The summed E-state index contributed by atoms with van der Waals surface area (Å²) in [6, 6.07) is 11.8. The van der Waals surface area contributed by atoms with Crippen molar-refractivity contribution in [3.05, 3.63) is 59.4 Å². The van der Waals surface area contributed by atoms with Crippen molar-refractivity contribution in [3.63, 3.8) is 0 Å². The number of benzene rings is 1. The highest BCUT2D eigenvalue weighted by Gasteiger charge is 2.29. The molecular weight excluding hydrogens is 368 g/mol. The number of carbonyl (C=O) groups excluding carboxylic acids is 1. The quantitative estimate of drug-likeness (QED) is 0.381. The first-order valence-corrected chi connectivity index (χ1v) is 9.91. The zero-order valence-corrected chi connectivity index (χ0v) is 15.5. The summed E-state index contributed by atoms with van der Waals surface area (Å²) in [6.45, 7) is 4.50. The Morgan fingerprint density at radius 2 is 2.15 bits per heavy atom. The second kappa shape index (κ2) is 7.09. The second-order valence-corrected chi connectivity index (χ2v) is 8.06. The van der Waals surface area contributed by atoms with Gasteiger partial charge in [-0.1, -0.05) is 48.2 Å². The maximum Gasteiger partial charge on any atom is 0.319 e. The molecule has 0 bridgehead atoms. The second-order valence-electron chi connectivity index (χ2n) is 5.86. The van der Waals surface area contributed by atoms with E-state index < -0.39 is 0 Å². The summed E-state index contributed by atoms with van der Waals surface area (Å²) in [5.41, 5.74) is 0.945. The Bertz CT molecular complexity index is 1040. The number of thioether (sulfide) groups is 1. The molecule has 2 aromatic heterocycles. The summed E-state index contributed by atoms with van der Waals surface area (Å²) >= 11 is 2.78. The minimum Gasteiger partial charge on any atom is -0.465 e. The summed E-state index contributed by atoms with van der Waals surface area (Å²) in [7, 11) is 0. The predicted octanol–water partition coefficient (Wildman–Crippen LogP) is 3.72. The lowest BCUT2D eigenvalue weighted by atomic mass is 10.2. The van der Waals surface area contributed by atoms with Gasteiger partial charge in [-0.15, -0.1) is 17.9 Å². The van der Waals surface area contributed by atoms with Gasteiger partial charge >= 0.3 is 5.97 Å². The number of fused-ring (bicyclic) bond motifs is 1. The lowest BCUT2D eigenvalue weighted by molar-refractivity contribution is -0.137. The molecule has 0 saturated carbocycles. The Kier molecular flexibility index (Phi) is 4.65. The van der Waals surface area contributed by atoms with Crippen LogP contribution in [0.15, 0.2) is 59.0 Å². The summed E-state index contributed by atoms with van der Waals surface area (Å²) in [6.07, 6.45) is 2.29. The minimum atomic E-state index is -0.316. The molecule has 132 valence electrons. The number of thiophene rings is 1. The van der Waals surface area contributed by atoms with Gasteiger partial charge in [-0.3, -0.25) is 14.2 Å². The van der Waals surface area contributed by atoms with Crippen LogP contribution in [-0.2, 0) is 16.1 Å². The number of hydrogen-bond donors (Lipinski definition) is 0. The molecule has 3 heterocycles. The lowest BCUT2D eigenvalue weighted by Crippen LogP contribution is -2.23. The average Bonchev–Trinajstić information content (AvgIpc) is 3.26. The molecular formula is C19H16N2O3S2. The molecule has 1 aromatic carbocycles. The van der Waals surface area contributed by atoms with E-state index in [9.17, 15) is 9.59 Å². The van der Waals surface area contributed by atoms with Crippen molar-refractivity contribution in [1.29, 1.82) is 0 Å². The van der Waals surface area contributed by atoms with Gasteiger partial charge in [-0.25, -0.2) is 4.98 Å². The molecule has 0 radical (unpaired) electrons. The first-order valence-electron chi connectivity index (χ1n) is 8.21. The fraction of sp³-hybridized carbons (Fsp3) is 0.211. The van der Waals surface area contributed by atoms with E-state index in [0.717, 1.165) is 10.4 Å². The number of rotatable bonds is 5. The van der Waals surface area contributed by atoms with E-state index in [4.69, 9.17) is 4.74 Å². The van der Waals surface area contributed by atoms with Crippen LogP contribution in [0.25, 0.3) is 20.7 Å². The van der Waals surface area contributed by atoms with Gasteiger partial charge in [0.25, 0.3) is 5.56 Å². The predicted molar refractivity (Wildman–Crippen MR) is 105 cm³/mol. The molecule has 1 atom stereocenters. The zero-order chi connectivity index (χ0) is 18.1. The van der Waals surface area contributed by atoms with Crippen LogP contribution in [0, 0.1) is 0 Å². The summed E-state index contributed by atoms with van der Waals surface area (Å²) < 4.78 is 6.60. The van der Waals surface area contributed by atoms with Crippen molar-refractivity contribution in [2.24, 2.45) is 0 Å². The van der Waals surface area contributed by atoms with E-state index in [2.05, 4.69) is 11.6 Å². The summed E-state index contributed by atoms with van der Waals surface area (Å²) in [5.74, 6) is -0.245. The standard InChI is InChI=1S/C19H16N2O3S2/c1-2-9-21-17(22)13-11-15(12-6-4-3-5-7-12)25-16(13)20-19(21)26-14-8-10-24-18(14)23/h2-7,11,14H,1,8-10H2/t14-/m1/s1. The number of hydrogen-bond acceptors (Lipinski definition) is 6. The highest BCUT2D eigenvalue weighted by Crippen LogP contribution is 2.34. The molecule has 4 rings (SSSR count). The molecule has 7 heteroatoms. The summed E-state index contributed by atoms with van der Waals surface area (Å²) in [5, 5.41) is 0.811. The van der Waals surface area contributed by atoms with Gasteiger partial charge in [0, 0.05) is 17.8 Å². The molecule has 26 heavy (non-hydrogen) atoms. The van der Waals surface area contributed by atoms with Crippen molar-refractivity contribution >= 4 is 39.3 Å². The molecule has 0 N–H and O–H groups in total. The molecule has 5 nitrogen and oxygen atoms in total. The average molecular weight is 384 g/mol. The third kappa shape index (κ3) is 3.08. The first-order chi connectivity index (χ1) is 12.7. The van der Waals surface area contributed by atoms with Gasteiger partial charge < -0.3 is 4.74 Å². The molecule has 1 fully saturated rings. The molecule has 0 unspecified atom stereocenters. The first kappa shape index (κ1) is 17.1. The normalized spacial score (nSPS) is 16.8. The molecule has 0 amide bonds. The lowest BCUT2D eigenvalue weighted by Gasteiger charge is -2.11. The van der Waals surface area contributed by atoms with Gasteiger partial charge in [0.1, 0.15) is 10.1 Å². The maximum absolute atomic E-state index is 13.0. The van der Waals surface area contributed by atoms with Crippen LogP contribution in [0.5, 0.6) is 0 Å². The molecule has 1 saturated heterocycles. The van der Waals surface area contributed by atoms with Crippen molar-refractivity contribution < 1.29 is 9.53 Å². The van der Waals surface area contributed by atoms with Gasteiger partial charge in [0.2, 0.25) is 0 Å². The van der Waals surface area contributed by atoms with Crippen LogP contribution in [0.4, 0.5) is 0 Å². The molecule has 0 aliphatic carbocycles. The smallest absolute Gasteiger partial charge is 0.319 e. The number of aromatic nitrogens is 2. The fourth-order valence-electron chi connectivity index (χ4n) is 2.83. The Morgan fingerprint density at radius 1 is 1.35 bits per heavy atom. The summed E-state index contributed by atoms with van der Waals surface area (Å²) in [4.78, 5) is 31.2. The van der Waals surface area contributed by atoms with E-state index >= 15 is 0 Å². The number of ether oxygens (including phenoxy) is 1. The van der Waals surface area contributed by atoms with Gasteiger partial charge in [0.15, 0.2) is 5.16 Å². The highest BCUT2D eigenvalue weighted by molar-refractivity contribution is 8.00. The Hall–Kier alpha value is -2.38. The van der Waals surface area contributed by atoms with Gasteiger partial charge in [0.05, 0.1) is 12.0 Å². The van der Waals surface area contributed by atoms with E-state index in [-0.39, 0.29) is 16.8 Å². The Labute approximate surface area is 158 Å². The van der Waals surface area contributed by atoms with Crippen molar-refractivity contribution in [1.82, 2.24) is 9.55 Å². The van der Waals surface area contributed by atoms with Crippen LogP contribution in [0.2, 0.25) is 0 Å². The van der Waals surface area contributed by atoms with Gasteiger partial charge in [-0.2, -0.15) is 0 Å². The number of cyclic esters (lactones) is 1. The van der Waals surface area contributed by atoms with Crippen LogP contribution in [0.3, 0.4) is 0 Å². The maximum atomic E-state index is 13.0. The fourth-order valence-corrected chi connectivity index (χ4v) is 4.98. The Morgan fingerprint density at radius 3 is 2.85 bits per heavy atom. The largest absolute Gasteiger partial charge is 0.465 e. The van der Waals surface area contributed by atoms with Crippen LogP contribution < -0.4 is 5.56 Å². The SMILES string of the molecule is C=CCn1c(S[C@@H]2CCOC2=O)nc2sc(-c3ccccc3)cc2c1=O. The van der Waals surface area contributed by atoms with E-state index in [1.807, 2.05) is 36.4 Å². The third-order valence-corrected chi connectivity index (χ3v) is 6.43. The number of allylic oxidation sites excluding steroid dienone is 1. The van der Waals surface area contributed by atoms with E-state index in [1.165, 1.54) is 23.1 Å².